The number of benzene rings is 1. The second-order valence-electron chi connectivity index (χ2n) is 6.94. The van der Waals surface area contributed by atoms with Crippen molar-refractivity contribution >= 4 is 12.1 Å². The average molecular weight is 319 g/mol. The van der Waals surface area contributed by atoms with Crippen molar-refractivity contribution in [2.45, 2.75) is 51.0 Å². The highest BCUT2D eigenvalue weighted by molar-refractivity contribution is 5.85. The highest BCUT2D eigenvalue weighted by atomic mass is 16.6. The molecule has 0 radical (unpaired) electrons. The molecule has 1 aromatic rings. The Morgan fingerprint density at radius 1 is 1.26 bits per heavy atom. The Bertz CT molecular complexity index is 591. The number of rotatable bonds is 3. The summed E-state index contributed by atoms with van der Waals surface area (Å²) >= 11 is 0. The smallest absolute Gasteiger partial charge is 0.407 e. The monoisotopic (exact) mass is 319 g/mol. The van der Waals surface area contributed by atoms with Gasteiger partial charge in [-0.1, -0.05) is 24.3 Å². The van der Waals surface area contributed by atoms with Crippen LogP contribution in [0.2, 0.25) is 0 Å². The zero-order valence-electron chi connectivity index (χ0n) is 14.3. The number of hydrogen-bond donors (Lipinski definition) is 1. The standard InChI is InChI=1S/C18H25NO4/c1-17(2,3)23-16(21)19-12-18(15(20)22-4)11-7-9-13-8-5-6-10-14(13)18/h5-6,8,10H,7,9,11-12H2,1-4H3,(H,19,21). The highest BCUT2D eigenvalue weighted by Crippen LogP contribution is 2.38. The fourth-order valence-corrected chi connectivity index (χ4v) is 3.12. The van der Waals surface area contributed by atoms with E-state index < -0.39 is 17.1 Å². The van der Waals surface area contributed by atoms with Gasteiger partial charge in [0.05, 0.1) is 7.11 Å². The van der Waals surface area contributed by atoms with Gasteiger partial charge >= 0.3 is 12.1 Å². The molecular weight excluding hydrogens is 294 g/mol. The first kappa shape index (κ1) is 17.3. The predicted molar refractivity (Wildman–Crippen MR) is 87.3 cm³/mol. The molecule has 1 N–H and O–H groups in total. The van der Waals surface area contributed by atoms with Gasteiger partial charge < -0.3 is 14.8 Å². The van der Waals surface area contributed by atoms with Crippen LogP contribution in [0.15, 0.2) is 24.3 Å². The third-order valence-electron chi connectivity index (χ3n) is 4.09. The van der Waals surface area contributed by atoms with E-state index in [-0.39, 0.29) is 12.5 Å². The summed E-state index contributed by atoms with van der Waals surface area (Å²) < 4.78 is 10.3. The Morgan fingerprint density at radius 3 is 2.61 bits per heavy atom. The quantitative estimate of drug-likeness (QED) is 0.870. The van der Waals surface area contributed by atoms with Crippen molar-refractivity contribution in [2.24, 2.45) is 0 Å². The van der Waals surface area contributed by atoms with E-state index in [9.17, 15) is 9.59 Å². The second-order valence-corrected chi connectivity index (χ2v) is 6.94. The predicted octanol–water partition coefficient (Wildman–Crippen LogP) is 2.96. The molecule has 0 heterocycles. The van der Waals surface area contributed by atoms with Gasteiger partial charge in [0.25, 0.3) is 0 Å². The van der Waals surface area contributed by atoms with Gasteiger partial charge in [-0.2, -0.15) is 0 Å². The van der Waals surface area contributed by atoms with Gasteiger partial charge in [0.1, 0.15) is 11.0 Å². The van der Waals surface area contributed by atoms with Crippen LogP contribution in [0, 0.1) is 0 Å². The first-order chi connectivity index (χ1) is 10.8. The van der Waals surface area contributed by atoms with Gasteiger partial charge in [0.2, 0.25) is 0 Å². The SMILES string of the molecule is COC(=O)C1(CNC(=O)OC(C)(C)C)CCCc2ccccc21. The van der Waals surface area contributed by atoms with Crippen molar-refractivity contribution in [1.82, 2.24) is 5.32 Å². The summed E-state index contributed by atoms with van der Waals surface area (Å²) in [7, 11) is 1.38. The molecule has 23 heavy (non-hydrogen) atoms. The van der Waals surface area contributed by atoms with E-state index in [0.29, 0.717) is 6.42 Å². The van der Waals surface area contributed by atoms with E-state index in [0.717, 1.165) is 24.0 Å². The van der Waals surface area contributed by atoms with Crippen LogP contribution in [0.4, 0.5) is 4.79 Å². The molecule has 1 aliphatic carbocycles. The summed E-state index contributed by atoms with van der Waals surface area (Å²) in [5.74, 6) is -0.319. The maximum atomic E-state index is 12.5. The molecule has 0 spiro atoms. The molecule has 0 saturated carbocycles. The number of alkyl carbamates (subject to hydrolysis) is 1. The summed E-state index contributed by atoms with van der Waals surface area (Å²) in [6, 6.07) is 7.85. The lowest BCUT2D eigenvalue weighted by molar-refractivity contribution is -0.148. The number of nitrogens with one attached hydrogen (secondary N) is 1. The maximum Gasteiger partial charge on any atom is 0.407 e. The van der Waals surface area contributed by atoms with Gasteiger partial charge in [0, 0.05) is 6.54 Å². The van der Waals surface area contributed by atoms with Crippen molar-refractivity contribution in [3.05, 3.63) is 35.4 Å². The van der Waals surface area contributed by atoms with Crippen LogP contribution >= 0.6 is 0 Å². The summed E-state index contributed by atoms with van der Waals surface area (Å²) in [6.45, 7) is 5.58. The summed E-state index contributed by atoms with van der Waals surface area (Å²) in [6.07, 6.45) is 1.93. The lowest BCUT2D eigenvalue weighted by atomic mass is 9.70. The van der Waals surface area contributed by atoms with E-state index in [4.69, 9.17) is 9.47 Å². The lowest BCUT2D eigenvalue weighted by Crippen LogP contribution is -2.50. The van der Waals surface area contributed by atoms with E-state index in [1.807, 2.05) is 24.3 Å². The summed E-state index contributed by atoms with van der Waals surface area (Å²) in [5, 5.41) is 2.74. The Balaban J connectivity index is 2.25. The van der Waals surface area contributed by atoms with Crippen LogP contribution in [0.3, 0.4) is 0 Å². The number of carbonyl (C=O) groups is 2. The number of methoxy groups -OCH3 is 1. The lowest BCUT2D eigenvalue weighted by Gasteiger charge is -2.36. The minimum Gasteiger partial charge on any atom is -0.468 e. The molecule has 1 atom stereocenters. The minimum absolute atomic E-state index is 0.172. The number of esters is 1. The zero-order chi connectivity index (χ0) is 17.1. The van der Waals surface area contributed by atoms with Crippen molar-refractivity contribution < 1.29 is 19.1 Å². The molecule has 1 aromatic carbocycles. The van der Waals surface area contributed by atoms with Crippen LogP contribution in [-0.2, 0) is 26.1 Å². The highest BCUT2D eigenvalue weighted by Gasteiger charge is 2.44. The molecule has 0 fully saturated rings. The molecule has 0 aliphatic heterocycles. The number of aryl methyl sites for hydroxylation is 1. The largest absolute Gasteiger partial charge is 0.468 e. The van der Waals surface area contributed by atoms with Gasteiger partial charge in [-0.05, 0) is 51.2 Å². The van der Waals surface area contributed by atoms with Gasteiger partial charge in [0.15, 0.2) is 0 Å². The molecule has 0 bridgehead atoms. The molecule has 126 valence electrons. The Hall–Kier alpha value is -2.04. The zero-order valence-corrected chi connectivity index (χ0v) is 14.3. The molecule has 5 heteroatoms. The normalized spacial score (nSPS) is 20.3. The third-order valence-corrected chi connectivity index (χ3v) is 4.09. The van der Waals surface area contributed by atoms with Crippen LogP contribution in [0.5, 0.6) is 0 Å². The van der Waals surface area contributed by atoms with Crippen molar-refractivity contribution in [3.63, 3.8) is 0 Å². The Labute approximate surface area is 137 Å². The molecule has 0 aromatic heterocycles. The molecule has 1 amide bonds. The molecule has 0 saturated heterocycles. The van der Waals surface area contributed by atoms with Crippen molar-refractivity contribution in [2.75, 3.05) is 13.7 Å². The van der Waals surface area contributed by atoms with Crippen LogP contribution in [0.25, 0.3) is 0 Å². The minimum atomic E-state index is -0.847. The molecule has 1 aliphatic rings. The molecular formula is C18H25NO4. The van der Waals surface area contributed by atoms with Gasteiger partial charge in [-0.15, -0.1) is 0 Å². The second kappa shape index (κ2) is 6.60. The van der Waals surface area contributed by atoms with Crippen LogP contribution < -0.4 is 5.32 Å². The van der Waals surface area contributed by atoms with Crippen LogP contribution in [0.1, 0.15) is 44.7 Å². The average Bonchev–Trinajstić information content (AvgIpc) is 2.50. The van der Waals surface area contributed by atoms with Crippen LogP contribution in [-0.4, -0.2) is 31.3 Å². The molecule has 1 unspecified atom stereocenters. The topological polar surface area (TPSA) is 64.6 Å². The summed E-state index contributed by atoms with van der Waals surface area (Å²) in [5.41, 5.74) is 0.650. The molecule has 5 nitrogen and oxygen atoms in total. The number of carbonyl (C=O) groups excluding carboxylic acids is 2. The number of amides is 1. The first-order valence-electron chi connectivity index (χ1n) is 7.92. The van der Waals surface area contributed by atoms with E-state index in [2.05, 4.69) is 5.32 Å². The first-order valence-corrected chi connectivity index (χ1v) is 7.92. The maximum absolute atomic E-state index is 12.5. The number of fused-ring (bicyclic) bond motifs is 1. The van der Waals surface area contributed by atoms with E-state index >= 15 is 0 Å². The number of ether oxygens (including phenoxy) is 2. The van der Waals surface area contributed by atoms with E-state index in [1.54, 1.807) is 20.8 Å². The fourth-order valence-electron chi connectivity index (χ4n) is 3.12. The Morgan fingerprint density at radius 2 is 1.96 bits per heavy atom. The third kappa shape index (κ3) is 3.84. The summed E-state index contributed by atoms with van der Waals surface area (Å²) in [4.78, 5) is 24.5. The van der Waals surface area contributed by atoms with Gasteiger partial charge in [-0.25, -0.2) is 4.79 Å². The molecule has 2 rings (SSSR count). The Kier molecular flexibility index (Phi) is 4.97. The van der Waals surface area contributed by atoms with Crippen molar-refractivity contribution in [3.8, 4) is 0 Å². The number of hydrogen-bond acceptors (Lipinski definition) is 4. The van der Waals surface area contributed by atoms with E-state index in [1.165, 1.54) is 7.11 Å². The fraction of sp³-hybridized carbons (Fsp3) is 0.556. The van der Waals surface area contributed by atoms with Gasteiger partial charge in [-0.3, -0.25) is 4.79 Å². The van der Waals surface area contributed by atoms with Crippen molar-refractivity contribution in [1.29, 1.82) is 0 Å².